The predicted molar refractivity (Wildman–Crippen MR) is 93.1 cm³/mol. The third-order valence-corrected chi connectivity index (χ3v) is 6.36. The fourth-order valence-corrected chi connectivity index (χ4v) is 4.96. The molecule has 0 aliphatic carbocycles. The molecule has 21 heavy (non-hydrogen) atoms. The standard InChI is InChI=1S/C16H35ClO3Si/c1-5-8-12-18-21(15-11-16(4)17,19-13-9-6-2)20-14-10-7-3/h16H,5-15H2,1-4H3. The summed E-state index contributed by atoms with van der Waals surface area (Å²) in [6.07, 6.45) is 7.43. The van der Waals surface area contributed by atoms with Crippen LogP contribution in [-0.4, -0.2) is 34.0 Å². The summed E-state index contributed by atoms with van der Waals surface area (Å²) in [7, 11) is -2.55. The van der Waals surface area contributed by atoms with Crippen molar-refractivity contribution >= 4 is 20.4 Å². The summed E-state index contributed by atoms with van der Waals surface area (Å²) in [6, 6.07) is 0.828. The molecule has 5 heteroatoms. The minimum atomic E-state index is -2.55. The highest BCUT2D eigenvalue weighted by Gasteiger charge is 2.40. The first-order valence-electron chi connectivity index (χ1n) is 8.66. The van der Waals surface area contributed by atoms with Crippen molar-refractivity contribution in [1.82, 2.24) is 0 Å². The van der Waals surface area contributed by atoms with Crippen LogP contribution in [0.15, 0.2) is 0 Å². The van der Waals surface area contributed by atoms with Gasteiger partial charge in [-0.15, -0.1) is 11.6 Å². The van der Waals surface area contributed by atoms with Crippen LogP contribution in [0.5, 0.6) is 0 Å². The van der Waals surface area contributed by atoms with E-state index in [0.29, 0.717) is 0 Å². The molecule has 0 bridgehead atoms. The highest BCUT2D eigenvalue weighted by Crippen LogP contribution is 2.22. The van der Waals surface area contributed by atoms with Crippen molar-refractivity contribution in [3.8, 4) is 0 Å². The van der Waals surface area contributed by atoms with Gasteiger partial charge in [0.25, 0.3) is 0 Å². The molecule has 0 aromatic carbocycles. The van der Waals surface area contributed by atoms with Gasteiger partial charge in [-0.2, -0.15) is 0 Å². The van der Waals surface area contributed by atoms with Gasteiger partial charge in [-0.1, -0.05) is 40.0 Å². The Labute approximate surface area is 138 Å². The SMILES string of the molecule is CCCCO[Si](CCC(C)Cl)(OCCCC)OCCCC. The van der Waals surface area contributed by atoms with Gasteiger partial charge in [-0.05, 0) is 32.6 Å². The van der Waals surface area contributed by atoms with Gasteiger partial charge in [0.1, 0.15) is 0 Å². The van der Waals surface area contributed by atoms with Crippen LogP contribution in [0.3, 0.4) is 0 Å². The monoisotopic (exact) mass is 338 g/mol. The predicted octanol–water partition coefficient (Wildman–Crippen LogP) is 5.39. The Balaban J connectivity index is 4.60. The van der Waals surface area contributed by atoms with Gasteiger partial charge in [-0.3, -0.25) is 0 Å². The molecule has 0 saturated carbocycles. The zero-order chi connectivity index (χ0) is 16.0. The lowest BCUT2D eigenvalue weighted by molar-refractivity contribution is 0.0558. The van der Waals surface area contributed by atoms with Crippen LogP contribution in [0, 0.1) is 0 Å². The minimum absolute atomic E-state index is 0.135. The maximum atomic E-state index is 6.15. The Morgan fingerprint density at radius 2 is 1.19 bits per heavy atom. The van der Waals surface area contributed by atoms with Gasteiger partial charge in [0.15, 0.2) is 0 Å². The molecular weight excluding hydrogens is 304 g/mol. The molecule has 0 spiro atoms. The van der Waals surface area contributed by atoms with Crippen molar-refractivity contribution in [2.75, 3.05) is 19.8 Å². The van der Waals surface area contributed by atoms with Gasteiger partial charge >= 0.3 is 8.80 Å². The van der Waals surface area contributed by atoms with Crippen molar-refractivity contribution < 1.29 is 13.3 Å². The summed E-state index contributed by atoms with van der Waals surface area (Å²) < 4.78 is 18.4. The normalized spacial score (nSPS) is 13.6. The molecule has 0 radical (unpaired) electrons. The second-order valence-corrected chi connectivity index (χ2v) is 9.09. The molecule has 1 unspecified atom stereocenters. The molecule has 128 valence electrons. The summed E-state index contributed by atoms with van der Waals surface area (Å²) in [4.78, 5) is 0. The summed E-state index contributed by atoms with van der Waals surface area (Å²) in [6.45, 7) is 10.7. The van der Waals surface area contributed by atoms with Crippen molar-refractivity contribution in [2.45, 2.75) is 84.1 Å². The molecule has 0 amide bonds. The molecule has 0 N–H and O–H groups in total. The maximum absolute atomic E-state index is 6.15. The largest absolute Gasteiger partial charge is 0.501 e. The number of hydrogen-bond donors (Lipinski definition) is 0. The first-order valence-corrected chi connectivity index (χ1v) is 11.0. The van der Waals surface area contributed by atoms with E-state index < -0.39 is 8.80 Å². The molecule has 0 aliphatic rings. The average molecular weight is 339 g/mol. The van der Waals surface area contributed by atoms with Gasteiger partial charge < -0.3 is 13.3 Å². The first kappa shape index (κ1) is 21.4. The molecule has 0 aromatic heterocycles. The van der Waals surface area contributed by atoms with Crippen LogP contribution in [0.25, 0.3) is 0 Å². The fourth-order valence-electron chi connectivity index (χ4n) is 1.83. The first-order chi connectivity index (χ1) is 10.1. The lowest BCUT2D eigenvalue weighted by atomic mass is 10.4. The van der Waals surface area contributed by atoms with E-state index in [-0.39, 0.29) is 5.38 Å². The van der Waals surface area contributed by atoms with E-state index in [9.17, 15) is 0 Å². The molecule has 3 nitrogen and oxygen atoms in total. The third kappa shape index (κ3) is 11.6. The van der Waals surface area contributed by atoms with Crippen LogP contribution >= 0.6 is 11.6 Å². The van der Waals surface area contributed by atoms with Crippen molar-refractivity contribution in [3.63, 3.8) is 0 Å². The Kier molecular flexibility index (Phi) is 14.3. The van der Waals surface area contributed by atoms with Crippen LogP contribution < -0.4 is 0 Å². The van der Waals surface area contributed by atoms with Gasteiger partial charge in [0.2, 0.25) is 0 Å². The molecule has 0 heterocycles. The maximum Gasteiger partial charge on any atom is 0.501 e. The van der Waals surface area contributed by atoms with Crippen molar-refractivity contribution in [2.24, 2.45) is 0 Å². The summed E-state index contributed by atoms with van der Waals surface area (Å²) in [5.41, 5.74) is 0. The highest BCUT2D eigenvalue weighted by molar-refractivity contribution is 6.60. The molecule has 0 rings (SSSR count). The zero-order valence-electron chi connectivity index (χ0n) is 14.5. The Bertz CT molecular complexity index is 201. The molecule has 1 atom stereocenters. The van der Waals surface area contributed by atoms with Gasteiger partial charge in [0.05, 0.1) is 0 Å². The third-order valence-electron chi connectivity index (χ3n) is 3.31. The average Bonchev–Trinajstić information content (AvgIpc) is 2.46. The van der Waals surface area contributed by atoms with Crippen LogP contribution in [-0.2, 0) is 13.3 Å². The Morgan fingerprint density at radius 3 is 1.48 bits per heavy atom. The lowest BCUT2D eigenvalue weighted by Crippen LogP contribution is -2.47. The second kappa shape index (κ2) is 14.0. The Morgan fingerprint density at radius 1 is 0.810 bits per heavy atom. The molecule has 0 fully saturated rings. The van der Waals surface area contributed by atoms with E-state index in [1.165, 1.54) is 0 Å². The van der Waals surface area contributed by atoms with Gasteiger partial charge in [0, 0.05) is 31.2 Å². The smallest absolute Gasteiger partial charge is 0.373 e. The quantitative estimate of drug-likeness (QED) is 0.227. The van der Waals surface area contributed by atoms with E-state index in [2.05, 4.69) is 20.8 Å². The minimum Gasteiger partial charge on any atom is -0.373 e. The topological polar surface area (TPSA) is 27.7 Å². The number of hydrogen-bond acceptors (Lipinski definition) is 3. The molecule has 0 aliphatic heterocycles. The van der Waals surface area contributed by atoms with E-state index in [1.807, 2.05) is 6.92 Å². The van der Waals surface area contributed by atoms with Crippen molar-refractivity contribution in [1.29, 1.82) is 0 Å². The second-order valence-electron chi connectivity index (χ2n) is 5.61. The molecule has 0 aromatic rings. The number of halogens is 1. The Hall–Kier alpha value is 0.387. The number of alkyl halides is 1. The highest BCUT2D eigenvalue weighted by atomic mass is 35.5. The summed E-state index contributed by atoms with van der Waals surface area (Å²) in [5, 5.41) is 0.135. The van der Waals surface area contributed by atoms with Crippen molar-refractivity contribution in [3.05, 3.63) is 0 Å². The molecule has 0 saturated heterocycles. The zero-order valence-corrected chi connectivity index (χ0v) is 16.2. The van der Waals surface area contributed by atoms with Crippen LogP contribution in [0.2, 0.25) is 6.04 Å². The van der Waals surface area contributed by atoms with Gasteiger partial charge in [-0.25, -0.2) is 0 Å². The van der Waals surface area contributed by atoms with Crippen LogP contribution in [0.4, 0.5) is 0 Å². The van der Waals surface area contributed by atoms with Crippen LogP contribution in [0.1, 0.15) is 72.6 Å². The number of unbranched alkanes of at least 4 members (excludes halogenated alkanes) is 3. The number of rotatable bonds is 15. The van der Waals surface area contributed by atoms with E-state index in [0.717, 1.165) is 70.8 Å². The summed E-state index contributed by atoms with van der Waals surface area (Å²) >= 11 is 6.12. The molecular formula is C16H35ClO3Si. The fraction of sp³-hybridized carbons (Fsp3) is 1.00. The van der Waals surface area contributed by atoms with E-state index >= 15 is 0 Å². The lowest BCUT2D eigenvalue weighted by Gasteiger charge is -2.30. The summed E-state index contributed by atoms with van der Waals surface area (Å²) in [5.74, 6) is 0. The van der Waals surface area contributed by atoms with E-state index in [1.54, 1.807) is 0 Å². The van der Waals surface area contributed by atoms with E-state index in [4.69, 9.17) is 24.9 Å².